The first-order chi connectivity index (χ1) is 13.9. The number of benzene rings is 2. The molecule has 0 fully saturated rings. The second kappa shape index (κ2) is 7.52. The highest BCUT2D eigenvalue weighted by molar-refractivity contribution is 6.31. The zero-order chi connectivity index (χ0) is 20.5. The van der Waals surface area contributed by atoms with Crippen LogP contribution in [-0.2, 0) is 13.6 Å². The number of aryl methyl sites for hydroxylation is 1. The fourth-order valence-electron chi connectivity index (χ4n) is 3.20. The third kappa shape index (κ3) is 3.77. The first-order valence-electron chi connectivity index (χ1n) is 8.78. The summed E-state index contributed by atoms with van der Waals surface area (Å²) >= 11 is 6.13. The number of H-pyrrole nitrogens is 1. The minimum atomic E-state index is -0.535. The molecule has 4 aromatic rings. The number of amides is 1. The zero-order valence-corrected chi connectivity index (χ0v) is 16.2. The molecule has 0 bridgehead atoms. The van der Waals surface area contributed by atoms with Crippen molar-refractivity contribution in [1.82, 2.24) is 14.5 Å². The van der Waals surface area contributed by atoms with Gasteiger partial charge in [0.15, 0.2) is 0 Å². The second-order valence-electron chi connectivity index (χ2n) is 6.62. The smallest absolute Gasteiger partial charge is 0.278 e. The van der Waals surface area contributed by atoms with E-state index in [1.165, 1.54) is 23.4 Å². The number of carbonyl (C=O) groups excluding carboxylic acids is 1. The van der Waals surface area contributed by atoms with Crippen LogP contribution in [0.4, 0.5) is 10.1 Å². The third-order valence-electron chi connectivity index (χ3n) is 4.53. The molecule has 0 atom stereocenters. The van der Waals surface area contributed by atoms with Gasteiger partial charge in [0.1, 0.15) is 11.5 Å². The number of anilines is 1. The van der Waals surface area contributed by atoms with Gasteiger partial charge in [-0.15, -0.1) is 0 Å². The van der Waals surface area contributed by atoms with Gasteiger partial charge in [-0.1, -0.05) is 29.8 Å². The number of pyridine rings is 1. The Labute approximate surface area is 170 Å². The van der Waals surface area contributed by atoms with Gasteiger partial charge in [0.25, 0.3) is 5.91 Å². The van der Waals surface area contributed by atoms with Gasteiger partial charge in [-0.05, 0) is 29.8 Å². The van der Waals surface area contributed by atoms with E-state index in [2.05, 4.69) is 9.97 Å². The van der Waals surface area contributed by atoms with E-state index in [0.29, 0.717) is 21.7 Å². The highest BCUT2D eigenvalue weighted by Crippen LogP contribution is 2.26. The van der Waals surface area contributed by atoms with Gasteiger partial charge in [0, 0.05) is 35.4 Å². The number of aromatic nitrogens is 3. The van der Waals surface area contributed by atoms with Crippen LogP contribution in [0.15, 0.2) is 65.8 Å². The molecule has 6 nitrogen and oxygen atoms in total. The summed E-state index contributed by atoms with van der Waals surface area (Å²) in [6.07, 6.45) is 3.14. The van der Waals surface area contributed by atoms with Crippen LogP contribution in [0.25, 0.3) is 10.9 Å². The molecule has 0 spiro atoms. The molecule has 0 saturated heterocycles. The molecule has 8 heteroatoms. The van der Waals surface area contributed by atoms with Crippen molar-refractivity contribution in [2.75, 3.05) is 4.90 Å². The molecule has 1 N–H and O–H groups in total. The van der Waals surface area contributed by atoms with E-state index in [1.807, 2.05) is 0 Å². The summed E-state index contributed by atoms with van der Waals surface area (Å²) in [5.41, 5.74) is 0.943. The molecule has 0 aliphatic heterocycles. The fraction of sp³-hybridized carbons (Fsp3) is 0.0952. The van der Waals surface area contributed by atoms with E-state index < -0.39 is 11.4 Å². The molecule has 29 heavy (non-hydrogen) atoms. The maximum absolute atomic E-state index is 14.2. The van der Waals surface area contributed by atoms with Crippen molar-refractivity contribution in [3.8, 4) is 0 Å². The number of hydrogen-bond acceptors (Lipinski definition) is 3. The van der Waals surface area contributed by atoms with Crippen LogP contribution in [0.2, 0.25) is 5.02 Å². The van der Waals surface area contributed by atoms with Crippen molar-refractivity contribution in [2.24, 2.45) is 7.05 Å². The van der Waals surface area contributed by atoms with Crippen molar-refractivity contribution < 1.29 is 9.18 Å². The molecule has 0 aliphatic carbocycles. The molecule has 0 radical (unpaired) electrons. The highest BCUT2D eigenvalue weighted by Gasteiger charge is 2.22. The Morgan fingerprint density at radius 2 is 2.03 bits per heavy atom. The lowest BCUT2D eigenvalue weighted by molar-refractivity contribution is 0.0981. The van der Waals surface area contributed by atoms with Crippen molar-refractivity contribution in [1.29, 1.82) is 0 Å². The maximum Gasteiger partial charge on any atom is 0.278 e. The molecular formula is C21H16ClFN4O2. The number of rotatable bonds is 4. The summed E-state index contributed by atoms with van der Waals surface area (Å²) in [4.78, 5) is 33.4. The van der Waals surface area contributed by atoms with E-state index in [-0.39, 0.29) is 23.7 Å². The number of imidazole rings is 1. The minimum absolute atomic E-state index is 0.0413. The largest absolute Gasteiger partial charge is 0.340 e. The van der Waals surface area contributed by atoms with E-state index in [1.54, 1.807) is 54.2 Å². The molecule has 2 heterocycles. The number of nitrogens with zero attached hydrogens (tertiary/aromatic N) is 3. The quantitative estimate of drug-likeness (QED) is 0.554. The number of halogens is 2. The molecule has 4 rings (SSSR count). The highest BCUT2D eigenvalue weighted by atomic mass is 35.5. The van der Waals surface area contributed by atoms with Crippen molar-refractivity contribution in [2.45, 2.75) is 6.54 Å². The molecule has 0 saturated carbocycles. The standard InChI is InChI=1S/C21H16ClFN4O2/c1-26-11-18(24-12-26)21(29)27(15-5-2-4-14(22)9-15)10-13-8-19(28)25-20-16(13)6-3-7-17(20)23/h2-9,11-12H,10H2,1H3,(H,25,28). The normalized spacial score (nSPS) is 11.0. The van der Waals surface area contributed by atoms with E-state index in [4.69, 9.17) is 11.6 Å². The van der Waals surface area contributed by atoms with Crippen LogP contribution in [0, 0.1) is 5.82 Å². The molecule has 2 aromatic heterocycles. The first-order valence-corrected chi connectivity index (χ1v) is 9.16. The molecule has 2 aromatic carbocycles. The number of hydrogen-bond donors (Lipinski definition) is 1. The summed E-state index contributed by atoms with van der Waals surface area (Å²) in [6.45, 7) is 0.0413. The summed E-state index contributed by atoms with van der Waals surface area (Å²) in [6, 6.07) is 12.7. The average molecular weight is 411 g/mol. The summed E-state index contributed by atoms with van der Waals surface area (Å²) < 4.78 is 15.9. The predicted octanol–water partition coefficient (Wildman–Crippen LogP) is 3.90. The van der Waals surface area contributed by atoms with Gasteiger partial charge in [-0.3, -0.25) is 9.59 Å². The Balaban J connectivity index is 1.85. The van der Waals surface area contributed by atoms with Gasteiger partial charge < -0.3 is 14.5 Å². The van der Waals surface area contributed by atoms with Crippen LogP contribution >= 0.6 is 11.6 Å². The van der Waals surface area contributed by atoms with E-state index in [0.717, 1.165) is 0 Å². The van der Waals surface area contributed by atoms with Crippen molar-refractivity contribution in [3.05, 3.63) is 93.5 Å². The van der Waals surface area contributed by atoms with Crippen LogP contribution < -0.4 is 10.5 Å². The Morgan fingerprint density at radius 3 is 2.76 bits per heavy atom. The Morgan fingerprint density at radius 1 is 1.24 bits per heavy atom. The predicted molar refractivity (Wildman–Crippen MR) is 110 cm³/mol. The molecule has 0 unspecified atom stereocenters. The lowest BCUT2D eigenvalue weighted by Gasteiger charge is -2.23. The number of nitrogens with one attached hydrogen (secondary N) is 1. The maximum atomic E-state index is 14.2. The van der Waals surface area contributed by atoms with Crippen LogP contribution in [0.5, 0.6) is 0 Å². The van der Waals surface area contributed by atoms with Crippen molar-refractivity contribution in [3.63, 3.8) is 0 Å². The van der Waals surface area contributed by atoms with E-state index in [9.17, 15) is 14.0 Å². The Kier molecular flexibility index (Phi) is 4.90. The fourth-order valence-corrected chi connectivity index (χ4v) is 3.39. The lowest BCUT2D eigenvalue weighted by Crippen LogP contribution is -2.31. The second-order valence-corrected chi connectivity index (χ2v) is 7.05. The van der Waals surface area contributed by atoms with Gasteiger partial charge in [-0.2, -0.15) is 0 Å². The van der Waals surface area contributed by atoms with Gasteiger partial charge in [-0.25, -0.2) is 9.37 Å². The Bertz CT molecular complexity index is 1280. The molecular weight excluding hydrogens is 395 g/mol. The average Bonchev–Trinajstić information content (AvgIpc) is 3.12. The van der Waals surface area contributed by atoms with Gasteiger partial charge >= 0.3 is 0 Å². The summed E-state index contributed by atoms with van der Waals surface area (Å²) in [5, 5.41) is 0.980. The number of aromatic amines is 1. The third-order valence-corrected chi connectivity index (χ3v) is 4.77. The monoisotopic (exact) mass is 410 g/mol. The number of para-hydroxylation sites is 1. The van der Waals surface area contributed by atoms with Gasteiger partial charge in [0.2, 0.25) is 5.56 Å². The van der Waals surface area contributed by atoms with Crippen molar-refractivity contribution >= 4 is 34.1 Å². The van der Waals surface area contributed by atoms with Crippen LogP contribution in [-0.4, -0.2) is 20.4 Å². The minimum Gasteiger partial charge on any atom is -0.340 e. The topological polar surface area (TPSA) is 71.0 Å². The number of carbonyl (C=O) groups is 1. The summed E-state index contributed by atoms with van der Waals surface area (Å²) in [7, 11) is 1.76. The van der Waals surface area contributed by atoms with Crippen LogP contribution in [0.3, 0.4) is 0 Å². The lowest BCUT2D eigenvalue weighted by atomic mass is 10.1. The number of fused-ring (bicyclic) bond motifs is 1. The molecule has 1 amide bonds. The summed E-state index contributed by atoms with van der Waals surface area (Å²) in [5.74, 6) is -0.899. The molecule has 146 valence electrons. The van der Waals surface area contributed by atoms with Gasteiger partial charge in [0.05, 0.1) is 18.4 Å². The zero-order valence-electron chi connectivity index (χ0n) is 15.4. The SMILES string of the molecule is Cn1cnc(C(=O)N(Cc2cc(=O)[nH]c3c(F)cccc23)c2cccc(Cl)c2)c1. The first kappa shape index (κ1) is 18.9. The van der Waals surface area contributed by atoms with Crippen LogP contribution in [0.1, 0.15) is 16.1 Å². The molecule has 0 aliphatic rings. The Hall–Kier alpha value is -3.45. The van der Waals surface area contributed by atoms with E-state index >= 15 is 0 Å².